The number of nitrogens with zero attached hydrogens (tertiary/aromatic N) is 3. The number of halogens is 1. The Morgan fingerprint density at radius 1 is 1.06 bits per heavy atom. The lowest BCUT2D eigenvalue weighted by Gasteiger charge is -2.08. The van der Waals surface area contributed by atoms with E-state index in [0.29, 0.717) is 11.3 Å². The Morgan fingerprint density at radius 3 is 2.55 bits per heavy atom. The molecule has 2 heterocycles. The largest absolute Gasteiger partial charge is 0.504 e. The smallest absolute Gasteiger partial charge is 0.215 e. The number of carbonyl (C=O) groups is 1. The van der Waals surface area contributed by atoms with E-state index in [9.17, 15) is 14.3 Å². The molecule has 0 aliphatic carbocycles. The van der Waals surface area contributed by atoms with Crippen LogP contribution in [0.25, 0.3) is 5.76 Å². The number of aliphatic hydroxyl groups excluding tert-OH is 1. The van der Waals surface area contributed by atoms with Gasteiger partial charge in [-0.3, -0.25) is 9.89 Å². The molecule has 0 aliphatic heterocycles. The summed E-state index contributed by atoms with van der Waals surface area (Å²) in [4.78, 5) is 16.8. The van der Waals surface area contributed by atoms with Gasteiger partial charge in [0.2, 0.25) is 11.6 Å². The molecule has 0 radical (unpaired) electrons. The number of H-pyrrole nitrogens is 1. The normalized spacial score (nSPS) is 11.6. The molecule has 0 saturated heterocycles. The maximum atomic E-state index is 14.2. The van der Waals surface area contributed by atoms with Crippen LogP contribution < -0.4 is 0 Å². The summed E-state index contributed by atoms with van der Waals surface area (Å²) in [6.07, 6.45) is 5.80. The van der Waals surface area contributed by atoms with Gasteiger partial charge in [0.25, 0.3) is 0 Å². The fourth-order valence-corrected chi connectivity index (χ4v) is 3.38. The zero-order valence-corrected chi connectivity index (χ0v) is 16.7. The van der Waals surface area contributed by atoms with E-state index in [4.69, 9.17) is 0 Å². The first kappa shape index (κ1) is 20.3. The van der Waals surface area contributed by atoms with E-state index in [1.54, 1.807) is 28.8 Å². The maximum Gasteiger partial charge on any atom is 0.215 e. The van der Waals surface area contributed by atoms with E-state index in [0.717, 1.165) is 24.5 Å². The third-order valence-corrected chi connectivity index (χ3v) is 4.96. The van der Waals surface area contributed by atoms with Gasteiger partial charge >= 0.3 is 0 Å². The summed E-state index contributed by atoms with van der Waals surface area (Å²) in [5, 5.41) is 16.4. The predicted octanol–water partition coefficient (Wildman–Crippen LogP) is 4.36. The monoisotopic (exact) mass is 416 g/mol. The van der Waals surface area contributed by atoms with Crippen LogP contribution in [0.5, 0.6) is 0 Å². The van der Waals surface area contributed by atoms with Gasteiger partial charge in [-0.05, 0) is 36.1 Å². The number of carbonyl (C=O) groups excluding carboxylic acids is 1. The molecule has 7 heteroatoms. The quantitative estimate of drug-likeness (QED) is 0.254. The SMILES string of the molecule is O=C(C=C(O)c1nc[nH]n1)c1cc(CCc2ccccc2)cn1Cc1ccccc1F. The number of aromatic nitrogens is 4. The number of hydrogen-bond donors (Lipinski definition) is 2. The van der Waals surface area contributed by atoms with Gasteiger partial charge in [0, 0.05) is 17.8 Å². The van der Waals surface area contributed by atoms with Crippen molar-refractivity contribution < 1.29 is 14.3 Å². The van der Waals surface area contributed by atoms with Crippen molar-refractivity contribution in [3.8, 4) is 0 Å². The van der Waals surface area contributed by atoms with Crippen LogP contribution in [0.15, 0.2) is 79.3 Å². The number of aryl methyl sites for hydroxylation is 2. The van der Waals surface area contributed by atoms with Gasteiger partial charge in [0.1, 0.15) is 12.1 Å². The van der Waals surface area contributed by atoms with Gasteiger partial charge in [0.05, 0.1) is 12.2 Å². The Bertz CT molecular complexity index is 1200. The van der Waals surface area contributed by atoms with E-state index in [1.165, 1.54) is 18.0 Å². The van der Waals surface area contributed by atoms with Crippen molar-refractivity contribution in [3.05, 3.63) is 113 Å². The molecule has 0 saturated carbocycles. The van der Waals surface area contributed by atoms with Gasteiger partial charge in [-0.25, -0.2) is 9.37 Å². The van der Waals surface area contributed by atoms with Crippen LogP contribution in [0.2, 0.25) is 0 Å². The minimum absolute atomic E-state index is 0.0323. The first-order valence-corrected chi connectivity index (χ1v) is 9.87. The van der Waals surface area contributed by atoms with Crippen LogP contribution in [-0.2, 0) is 19.4 Å². The van der Waals surface area contributed by atoms with E-state index in [1.807, 2.05) is 24.4 Å². The molecule has 0 bridgehead atoms. The number of hydrogen-bond acceptors (Lipinski definition) is 4. The number of aliphatic hydroxyl groups is 1. The summed E-state index contributed by atoms with van der Waals surface area (Å²) in [7, 11) is 0. The molecule has 31 heavy (non-hydrogen) atoms. The van der Waals surface area contributed by atoms with Crippen LogP contribution in [0.1, 0.15) is 33.0 Å². The molecule has 0 aliphatic rings. The fraction of sp³-hybridized carbons (Fsp3) is 0.125. The molecule has 2 aromatic carbocycles. The van der Waals surface area contributed by atoms with E-state index >= 15 is 0 Å². The lowest BCUT2D eigenvalue weighted by molar-refractivity contribution is 0.103. The Morgan fingerprint density at radius 2 is 1.81 bits per heavy atom. The molecule has 4 rings (SSSR count). The lowest BCUT2D eigenvalue weighted by atomic mass is 10.1. The molecule has 6 nitrogen and oxygen atoms in total. The molecule has 156 valence electrons. The summed E-state index contributed by atoms with van der Waals surface area (Å²) in [5.74, 6) is -1.05. The minimum Gasteiger partial charge on any atom is -0.504 e. The zero-order valence-electron chi connectivity index (χ0n) is 16.7. The van der Waals surface area contributed by atoms with Gasteiger partial charge in [-0.1, -0.05) is 48.5 Å². The standard InChI is InChI=1S/C24H21FN4O2/c25-20-9-5-4-8-19(20)15-29-14-18(11-10-17-6-2-1-3-7-17)12-21(29)22(30)13-23(31)24-26-16-27-28-24/h1-9,12-14,16,31H,10-11,15H2,(H,26,27,28). The minimum atomic E-state index is -0.412. The topological polar surface area (TPSA) is 83.8 Å². The van der Waals surface area contributed by atoms with Crippen LogP contribution in [0.3, 0.4) is 0 Å². The van der Waals surface area contributed by atoms with Crippen LogP contribution >= 0.6 is 0 Å². The van der Waals surface area contributed by atoms with Gasteiger partial charge in [0.15, 0.2) is 5.76 Å². The number of rotatable bonds is 8. The summed E-state index contributed by atoms with van der Waals surface area (Å²) >= 11 is 0. The molecule has 2 N–H and O–H groups in total. The first-order chi connectivity index (χ1) is 15.1. The summed E-state index contributed by atoms with van der Waals surface area (Å²) in [6, 6.07) is 18.3. The van der Waals surface area contributed by atoms with E-state index in [2.05, 4.69) is 27.3 Å². The van der Waals surface area contributed by atoms with Crippen LogP contribution in [-0.4, -0.2) is 30.6 Å². The molecule has 0 atom stereocenters. The van der Waals surface area contributed by atoms with Gasteiger partial charge in [-0.2, -0.15) is 5.10 Å². The number of benzene rings is 2. The highest BCUT2D eigenvalue weighted by Crippen LogP contribution is 2.18. The Balaban J connectivity index is 1.62. The van der Waals surface area contributed by atoms with Crippen molar-refractivity contribution in [1.29, 1.82) is 0 Å². The van der Waals surface area contributed by atoms with E-state index < -0.39 is 5.78 Å². The lowest BCUT2D eigenvalue weighted by Crippen LogP contribution is -2.09. The predicted molar refractivity (Wildman–Crippen MR) is 115 cm³/mol. The molecular formula is C24H21FN4O2. The van der Waals surface area contributed by atoms with Crippen LogP contribution in [0.4, 0.5) is 4.39 Å². The third kappa shape index (κ3) is 4.95. The zero-order chi connectivity index (χ0) is 21.6. The van der Waals surface area contributed by atoms with E-state index in [-0.39, 0.29) is 23.9 Å². The van der Waals surface area contributed by atoms with Crippen molar-refractivity contribution in [2.45, 2.75) is 19.4 Å². The average Bonchev–Trinajstić information content (AvgIpc) is 3.45. The molecule has 0 spiro atoms. The van der Waals surface area contributed by atoms with Gasteiger partial charge < -0.3 is 9.67 Å². The molecule has 2 aromatic heterocycles. The Hall–Kier alpha value is -4.00. The number of ketones is 1. The number of aromatic amines is 1. The van der Waals surface area contributed by atoms with Crippen molar-refractivity contribution >= 4 is 11.5 Å². The first-order valence-electron chi connectivity index (χ1n) is 9.87. The maximum absolute atomic E-state index is 14.2. The summed E-state index contributed by atoms with van der Waals surface area (Å²) in [6.45, 7) is 0.203. The second-order valence-corrected chi connectivity index (χ2v) is 7.16. The van der Waals surface area contributed by atoms with Crippen molar-refractivity contribution in [3.63, 3.8) is 0 Å². The molecular weight excluding hydrogens is 395 g/mol. The van der Waals surface area contributed by atoms with Crippen molar-refractivity contribution in [2.75, 3.05) is 0 Å². The summed E-state index contributed by atoms with van der Waals surface area (Å²) in [5.41, 5.74) is 2.98. The highest BCUT2D eigenvalue weighted by atomic mass is 19.1. The highest BCUT2D eigenvalue weighted by molar-refractivity contribution is 6.06. The second-order valence-electron chi connectivity index (χ2n) is 7.16. The van der Waals surface area contributed by atoms with Crippen molar-refractivity contribution in [1.82, 2.24) is 19.7 Å². The molecule has 0 fully saturated rings. The Kier molecular flexibility index (Phi) is 6.03. The van der Waals surface area contributed by atoms with Crippen molar-refractivity contribution in [2.24, 2.45) is 0 Å². The highest BCUT2D eigenvalue weighted by Gasteiger charge is 2.16. The molecule has 0 amide bonds. The van der Waals surface area contributed by atoms with Gasteiger partial charge in [-0.15, -0.1) is 0 Å². The third-order valence-electron chi connectivity index (χ3n) is 4.96. The van der Waals surface area contributed by atoms with Crippen LogP contribution in [0, 0.1) is 5.82 Å². The average molecular weight is 416 g/mol. The molecule has 0 unspecified atom stereocenters. The second kappa shape index (κ2) is 9.21. The molecule has 4 aromatic rings. The number of allylic oxidation sites excluding steroid dienone is 1. The summed E-state index contributed by atoms with van der Waals surface area (Å²) < 4.78 is 15.9. The Labute approximate surface area is 178 Å². The number of nitrogens with one attached hydrogen (secondary N) is 1. The fourth-order valence-electron chi connectivity index (χ4n) is 3.38.